The third kappa shape index (κ3) is 4.66. The highest BCUT2D eigenvalue weighted by atomic mass is 15.3. The van der Waals surface area contributed by atoms with Crippen molar-refractivity contribution >= 4 is 0 Å². The van der Waals surface area contributed by atoms with E-state index in [1.54, 1.807) is 0 Å². The molecular weight excluding hydrogens is 186 g/mol. The van der Waals surface area contributed by atoms with Crippen LogP contribution in [0.15, 0.2) is 12.4 Å². The van der Waals surface area contributed by atoms with Gasteiger partial charge in [-0.2, -0.15) is 5.10 Å². The van der Waals surface area contributed by atoms with E-state index in [1.165, 1.54) is 0 Å². The third-order valence-corrected chi connectivity index (χ3v) is 1.92. The Morgan fingerprint density at radius 3 is 3.00 bits per heavy atom. The van der Waals surface area contributed by atoms with Gasteiger partial charge in [-0.05, 0) is 13.0 Å². The predicted octanol–water partition coefficient (Wildman–Crippen LogP) is 1.50. The van der Waals surface area contributed by atoms with Crippen LogP contribution in [0, 0.1) is 17.8 Å². The quantitative estimate of drug-likeness (QED) is 0.596. The second kappa shape index (κ2) is 6.26. The van der Waals surface area contributed by atoms with E-state index in [2.05, 4.69) is 36.1 Å². The molecule has 0 unspecified atom stereocenters. The monoisotopic (exact) mass is 205 g/mol. The molecule has 82 valence electrons. The summed E-state index contributed by atoms with van der Waals surface area (Å²) in [4.78, 5) is 0. The maximum absolute atomic E-state index is 4.25. The minimum atomic E-state index is 0.620. The van der Waals surface area contributed by atoms with Crippen molar-refractivity contribution in [2.24, 2.45) is 5.92 Å². The Bertz CT molecular complexity index is 341. The fourth-order valence-corrected chi connectivity index (χ4v) is 1.25. The molecule has 0 fully saturated rings. The van der Waals surface area contributed by atoms with Crippen LogP contribution in [0.25, 0.3) is 0 Å². The largest absolute Gasteiger partial charge is 0.319 e. The Balaban J connectivity index is 2.47. The van der Waals surface area contributed by atoms with E-state index in [9.17, 15) is 0 Å². The van der Waals surface area contributed by atoms with Crippen LogP contribution in [0.1, 0.15) is 25.8 Å². The number of hydrogen-bond donors (Lipinski definition) is 1. The first-order valence-electron chi connectivity index (χ1n) is 5.38. The summed E-state index contributed by atoms with van der Waals surface area (Å²) < 4.78 is 1.95. The molecule has 0 aliphatic rings. The normalized spacial score (nSPS) is 10.1. The Hall–Kier alpha value is -1.27. The van der Waals surface area contributed by atoms with Crippen molar-refractivity contribution in [3.63, 3.8) is 0 Å². The van der Waals surface area contributed by atoms with Gasteiger partial charge in [0.05, 0.1) is 11.8 Å². The summed E-state index contributed by atoms with van der Waals surface area (Å²) in [6, 6.07) is 0. The van der Waals surface area contributed by atoms with Crippen molar-refractivity contribution < 1.29 is 0 Å². The Morgan fingerprint density at radius 1 is 1.53 bits per heavy atom. The first kappa shape index (κ1) is 11.8. The van der Waals surface area contributed by atoms with Crippen LogP contribution in [0.2, 0.25) is 0 Å². The van der Waals surface area contributed by atoms with Gasteiger partial charge >= 0.3 is 0 Å². The van der Waals surface area contributed by atoms with Crippen molar-refractivity contribution in [1.82, 2.24) is 15.1 Å². The smallest absolute Gasteiger partial charge is 0.0646 e. The maximum atomic E-state index is 4.25. The van der Waals surface area contributed by atoms with Gasteiger partial charge in [-0.1, -0.05) is 25.7 Å². The molecule has 1 rings (SSSR count). The third-order valence-electron chi connectivity index (χ3n) is 1.92. The molecule has 0 saturated heterocycles. The molecule has 0 saturated carbocycles. The zero-order chi connectivity index (χ0) is 11.1. The first-order valence-corrected chi connectivity index (χ1v) is 5.38. The summed E-state index contributed by atoms with van der Waals surface area (Å²) in [5, 5.41) is 7.32. The number of rotatable bonds is 4. The van der Waals surface area contributed by atoms with Crippen molar-refractivity contribution in [2.75, 3.05) is 13.6 Å². The zero-order valence-corrected chi connectivity index (χ0v) is 9.75. The molecule has 3 heteroatoms. The van der Waals surface area contributed by atoms with Gasteiger partial charge in [0.15, 0.2) is 0 Å². The van der Waals surface area contributed by atoms with Gasteiger partial charge in [-0.25, -0.2) is 0 Å². The molecule has 0 aromatic carbocycles. The van der Waals surface area contributed by atoms with E-state index in [-0.39, 0.29) is 0 Å². The predicted molar refractivity (Wildman–Crippen MR) is 62.5 cm³/mol. The van der Waals surface area contributed by atoms with Gasteiger partial charge in [-0.3, -0.25) is 4.68 Å². The van der Waals surface area contributed by atoms with Crippen molar-refractivity contribution in [3.05, 3.63) is 18.0 Å². The standard InChI is InChI=1S/C12H19N3/c1-11(2)9-15-10-12(8-14-15)6-4-5-7-13-3/h8,10-11,13H,5,7,9H2,1-3H3. The van der Waals surface area contributed by atoms with E-state index in [0.29, 0.717) is 5.92 Å². The van der Waals surface area contributed by atoms with Gasteiger partial charge in [0.2, 0.25) is 0 Å². The molecular formula is C12H19N3. The van der Waals surface area contributed by atoms with Crippen LogP contribution >= 0.6 is 0 Å². The summed E-state index contributed by atoms with van der Waals surface area (Å²) in [7, 11) is 1.93. The van der Waals surface area contributed by atoms with E-state index >= 15 is 0 Å². The Labute approximate surface area is 91.9 Å². The van der Waals surface area contributed by atoms with Gasteiger partial charge in [0.1, 0.15) is 0 Å². The number of nitrogens with one attached hydrogen (secondary N) is 1. The molecule has 0 aliphatic heterocycles. The Kier molecular flexibility index (Phi) is 4.92. The summed E-state index contributed by atoms with van der Waals surface area (Å²) in [5.74, 6) is 6.82. The fraction of sp³-hybridized carbons (Fsp3) is 0.583. The van der Waals surface area contributed by atoms with E-state index < -0.39 is 0 Å². The van der Waals surface area contributed by atoms with Crippen LogP contribution < -0.4 is 5.32 Å². The first-order chi connectivity index (χ1) is 7.22. The lowest BCUT2D eigenvalue weighted by Crippen LogP contribution is -2.05. The molecule has 1 aromatic rings. The highest BCUT2D eigenvalue weighted by molar-refractivity contribution is 5.29. The number of aromatic nitrogens is 2. The van der Waals surface area contributed by atoms with Gasteiger partial charge in [-0.15, -0.1) is 0 Å². The molecule has 3 nitrogen and oxygen atoms in total. The molecule has 0 radical (unpaired) electrons. The molecule has 0 spiro atoms. The molecule has 15 heavy (non-hydrogen) atoms. The SMILES string of the molecule is CNCCC#Cc1cnn(CC(C)C)c1. The summed E-state index contributed by atoms with van der Waals surface area (Å²) in [6.45, 7) is 6.26. The zero-order valence-electron chi connectivity index (χ0n) is 9.75. The van der Waals surface area contributed by atoms with E-state index in [1.807, 2.05) is 24.1 Å². The second-order valence-corrected chi connectivity index (χ2v) is 4.00. The molecule has 0 aliphatic carbocycles. The summed E-state index contributed by atoms with van der Waals surface area (Å²) in [5.41, 5.74) is 1.01. The van der Waals surface area contributed by atoms with Crippen LogP contribution in [-0.4, -0.2) is 23.4 Å². The average Bonchev–Trinajstić information content (AvgIpc) is 2.59. The van der Waals surface area contributed by atoms with Gasteiger partial charge < -0.3 is 5.32 Å². The van der Waals surface area contributed by atoms with Crippen LogP contribution in [0.5, 0.6) is 0 Å². The Morgan fingerprint density at radius 2 is 2.33 bits per heavy atom. The lowest BCUT2D eigenvalue weighted by molar-refractivity contribution is 0.483. The highest BCUT2D eigenvalue weighted by Gasteiger charge is 1.97. The van der Waals surface area contributed by atoms with Crippen molar-refractivity contribution in [2.45, 2.75) is 26.8 Å². The van der Waals surface area contributed by atoms with Gasteiger partial charge in [0, 0.05) is 25.7 Å². The number of nitrogens with zero attached hydrogens (tertiary/aromatic N) is 2. The lowest BCUT2D eigenvalue weighted by atomic mass is 10.2. The molecule has 1 aromatic heterocycles. The van der Waals surface area contributed by atoms with Gasteiger partial charge in [0.25, 0.3) is 0 Å². The van der Waals surface area contributed by atoms with Crippen LogP contribution in [0.3, 0.4) is 0 Å². The van der Waals surface area contributed by atoms with E-state index in [0.717, 1.165) is 25.1 Å². The molecule has 0 amide bonds. The highest BCUT2D eigenvalue weighted by Crippen LogP contribution is 2.00. The minimum Gasteiger partial charge on any atom is -0.319 e. The average molecular weight is 205 g/mol. The maximum Gasteiger partial charge on any atom is 0.0646 e. The molecule has 0 atom stereocenters. The van der Waals surface area contributed by atoms with E-state index in [4.69, 9.17) is 0 Å². The van der Waals surface area contributed by atoms with Crippen molar-refractivity contribution in [3.8, 4) is 11.8 Å². The summed E-state index contributed by atoms with van der Waals surface area (Å²) in [6.07, 6.45) is 4.72. The second-order valence-electron chi connectivity index (χ2n) is 4.00. The van der Waals surface area contributed by atoms with Crippen molar-refractivity contribution in [1.29, 1.82) is 0 Å². The van der Waals surface area contributed by atoms with Crippen LogP contribution in [-0.2, 0) is 6.54 Å². The molecule has 1 N–H and O–H groups in total. The molecule has 0 bridgehead atoms. The van der Waals surface area contributed by atoms with Crippen LogP contribution in [0.4, 0.5) is 0 Å². The molecule has 1 heterocycles. The number of hydrogen-bond acceptors (Lipinski definition) is 2. The topological polar surface area (TPSA) is 29.9 Å². The summed E-state index contributed by atoms with van der Waals surface area (Å²) >= 11 is 0. The fourth-order valence-electron chi connectivity index (χ4n) is 1.25. The minimum absolute atomic E-state index is 0.620. The lowest BCUT2D eigenvalue weighted by Gasteiger charge is -2.02.